The van der Waals surface area contributed by atoms with Gasteiger partial charge in [0.25, 0.3) is 5.91 Å². The quantitative estimate of drug-likeness (QED) is 0.231. The number of rotatable bonds is 7. The average Bonchev–Trinajstić information content (AvgIpc) is 3.28. The second-order valence-corrected chi connectivity index (χ2v) is 9.20. The van der Waals surface area contributed by atoms with Gasteiger partial charge in [-0.1, -0.05) is 54.1 Å². The molecule has 2 N–H and O–H groups in total. The van der Waals surface area contributed by atoms with E-state index in [1.165, 1.54) is 0 Å². The molecule has 5 aromatic rings. The van der Waals surface area contributed by atoms with Gasteiger partial charge in [-0.2, -0.15) is 9.61 Å². The highest BCUT2D eigenvalue weighted by atomic mass is 79.9. The molecule has 5 rings (SSSR count). The van der Waals surface area contributed by atoms with E-state index < -0.39 is 0 Å². The molecular formula is C27H21BrClN5O2. The predicted octanol–water partition coefficient (Wildman–Crippen LogP) is 6.69. The number of para-hydroxylation sites is 1. The van der Waals surface area contributed by atoms with E-state index in [9.17, 15) is 4.79 Å². The van der Waals surface area contributed by atoms with E-state index in [1.54, 1.807) is 36.0 Å². The number of hydrogen-bond acceptors (Lipinski definition) is 5. The van der Waals surface area contributed by atoms with E-state index in [0.29, 0.717) is 34.2 Å². The van der Waals surface area contributed by atoms with E-state index in [4.69, 9.17) is 21.3 Å². The Bertz CT molecular complexity index is 1570. The minimum atomic E-state index is -0.237. The smallest absolute Gasteiger partial charge is 0.259 e. The lowest BCUT2D eigenvalue weighted by molar-refractivity contribution is 0.102. The summed E-state index contributed by atoms with van der Waals surface area (Å²) in [6, 6.07) is 24.3. The zero-order chi connectivity index (χ0) is 25.1. The van der Waals surface area contributed by atoms with Gasteiger partial charge in [0.15, 0.2) is 5.65 Å². The van der Waals surface area contributed by atoms with E-state index in [0.717, 1.165) is 27.1 Å². The Morgan fingerprint density at radius 1 is 1.06 bits per heavy atom. The number of fused-ring (bicyclic) bond motifs is 1. The van der Waals surface area contributed by atoms with Crippen LogP contribution in [0.3, 0.4) is 0 Å². The summed E-state index contributed by atoms with van der Waals surface area (Å²) in [7, 11) is 1.55. The number of nitrogens with zero attached hydrogens (tertiary/aromatic N) is 3. The van der Waals surface area contributed by atoms with Crippen LogP contribution in [-0.2, 0) is 6.54 Å². The number of anilines is 2. The maximum Gasteiger partial charge on any atom is 0.259 e. The first kappa shape index (κ1) is 23.8. The van der Waals surface area contributed by atoms with Crippen LogP contribution in [0.1, 0.15) is 15.9 Å². The van der Waals surface area contributed by atoms with Gasteiger partial charge in [0, 0.05) is 28.9 Å². The van der Waals surface area contributed by atoms with Gasteiger partial charge in [-0.05, 0) is 51.8 Å². The van der Waals surface area contributed by atoms with Crippen LogP contribution < -0.4 is 15.4 Å². The molecule has 0 fully saturated rings. The molecule has 7 nitrogen and oxygen atoms in total. The molecule has 2 heterocycles. The number of hydrogen-bond donors (Lipinski definition) is 2. The molecule has 0 saturated heterocycles. The third-order valence-electron chi connectivity index (χ3n) is 5.59. The van der Waals surface area contributed by atoms with Crippen molar-refractivity contribution in [2.75, 3.05) is 17.7 Å². The van der Waals surface area contributed by atoms with Crippen LogP contribution in [0.15, 0.2) is 89.5 Å². The highest BCUT2D eigenvalue weighted by Gasteiger charge is 2.14. The Kier molecular flexibility index (Phi) is 6.88. The lowest BCUT2D eigenvalue weighted by Gasteiger charge is -2.13. The summed E-state index contributed by atoms with van der Waals surface area (Å²) in [6.07, 6.45) is 1.71. The van der Waals surface area contributed by atoms with E-state index in [2.05, 4.69) is 31.7 Å². The third-order valence-corrected chi connectivity index (χ3v) is 6.48. The lowest BCUT2D eigenvalue weighted by Crippen LogP contribution is -2.13. The molecule has 0 aliphatic carbocycles. The SMILES string of the molecule is COc1ccccc1C(=O)Nc1cccc(CNc2cc(-c3ccccc3Cl)nc3c(Br)cnn23)c1. The van der Waals surface area contributed by atoms with Crippen molar-refractivity contribution in [3.05, 3.63) is 106 Å². The van der Waals surface area contributed by atoms with Crippen LogP contribution in [0, 0.1) is 0 Å². The fourth-order valence-electron chi connectivity index (χ4n) is 3.85. The van der Waals surface area contributed by atoms with Crippen LogP contribution in [0.25, 0.3) is 16.9 Å². The molecule has 36 heavy (non-hydrogen) atoms. The summed E-state index contributed by atoms with van der Waals surface area (Å²) >= 11 is 9.96. The number of benzene rings is 3. The van der Waals surface area contributed by atoms with Crippen LogP contribution in [0.2, 0.25) is 5.02 Å². The number of halogens is 2. The molecule has 2 aromatic heterocycles. The minimum Gasteiger partial charge on any atom is -0.496 e. The second kappa shape index (κ2) is 10.4. The molecule has 9 heteroatoms. The number of amides is 1. The summed E-state index contributed by atoms with van der Waals surface area (Å²) in [6.45, 7) is 0.497. The molecule has 0 saturated carbocycles. The van der Waals surface area contributed by atoms with E-state index >= 15 is 0 Å². The fourth-order valence-corrected chi connectivity index (χ4v) is 4.43. The zero-order valence-electron chi connectivity index (χ0n) is 19.2. The van der Waals surface area contributed by atoms with Crippen molar-refractivity contribution < 1.29 is 9.53 Å². The molecular weight excluding hydrogens is 542 g/mol. The van der Waals surface area contributed by atoms with Crippen LogP contribution in [0.4, 0.5) is 11.5 Å². The monoisotopic (exact) mass is 561 g/mol. The van der Waals surface area contributed by atoms with Crippen molar-refractivity contribution >= 4 is 50.6 Å². The zero-order valence-corrected chi connectivity index (χ0v) is 21.5. The number of nitrogens with one attached hydrogen (secondary N) is 2. The molecule has 0 unspecified atom stereocenters. The first-order valence-corrected chi connectivity index (χ1v) is 12.3. The van der Waals surface area contributed by atoms with Crippen molar-refractivity contribution in [3.8, 4) is 17.0 Å². The third kappa shape index (κ3) is 4.91. The van der Waals surface area contributed by atoms with Crippen LogP contribution >= 0.6 is 27.5 Å². The maximum atomic E-state index is 12.8. The highest BCUT2D eigenvalue weighted by Crippen LogP contribution is 2.30. The summed E-state index contributed by atoms with van der Waals surface area (Å²) in [5.74, 6) is 1.04. The maximum absolute atomic E-state index is 12.8. The topological polar surface area (TPSA) is 80.5 Å². The lowest BCUT2D eigenvalue weighted by atomic mass is 10.1. The Morgan fingerprint density at radius 3 is 2.69 bits per heavy atom. The minimum absolute atomic E-state index is 0.237. The molecule has 0 radical (unpaired) electrons. The van der Waals surface area contributed by atoms with Crippen molar-refractivity contribution in [2.45, 2.75) is 6.54 Å². The Morgan fingerprint density at radius 2 is 1.86 bits per heavy atom. The van der Waals surface area contributed by atoms with E-state index in [-0.39, 0.29) is 5.91 Å². The van der Waals surface area contributed by atoms with E-state index in [1.807, 2.05) is 60.7 Å². The number of aromatic nitrogens is 3. The number of carbonyl (C=O) groups excluding carboxylic acids is 1. The Hall–Kier alpha value is -3.88. The molecule has 0 atom stereocenters. The summed E-state index contributed by atoms with van der Waals surface area (Å²) in [4.78, 5) is 17.5. The summed E-state index contributed by atoms with van der Waals surface area (Å²) in [5.41, 5.74) is 4.37. The van der Waals surface area contributed by atoms with Gasteiger partial charge in [0.2, 0.25) is 0 Å². The Balaban J connectivity index is 1.39. The average molecular weight is 563 g/mol. The number of ether oxygens (including phenoxy) is 1. The molecule has 180 valence electrons. The largest absolute Gasteiger partial charge is 0.496 e. The number of methoxy groups -OCH3 is 1. The van der Waals surface area contributed by atoms with Gasteiger partial charge in [0.1, 0.15) is 11.6 Å². The molecule has 1 amide bonds. The van der Waals surface area contributed by atoms with Crippen molar-refractivity contribution in [1.82, 2.24) is 14.6 Å². The first-order chi connectivity index (χ1) is 17.5. The summed E-state index contributed by atoms with van der Waals surface area (Å²) < 4.78 is 7.82. The molecule has 3 aromatic carbocycles. The van der Waals surface area contributed by atoms with Gasteiger partial charge < -0.3 is 15.4 Å². The summed E-state index contributed by atoms with van der Waals surface area (Å²) in [5, 5.41) is 11.4. The highest BCUT2D eigenvalue weighted by molar-refractivity contribution is 9.10. The van der Waals surface area contributed by atoms with Gasteiger partial charge in [-0.25, -0.2) is 4.98 Å². The van der Waals surface area contributed by atoms with Crippen molar-refractivity contribution in [3.63, 3.8) is 0 Å². The van der Waals surface area contributed by atoms with Gasteiger partial charge >= 0.3 is 0 Å². The molecule has 0 aliphatic heterocycles. The normalized spacial score (nSPS) is 10.9. The van der Waals surface area contributed by atoms with Gasteiger partial charge in [0.05, 0.1) is 29.0 Å². The molecule has 0 spiro atoms. The Labute approximate surface area is 221 Å². The standard InChI is InChI=1S/C27H21BrClN5O2/c1-36-24-12-5-3-10-20(24)27(35)32-18-8-6-7-17(13-18)15-30-25-14-23(19-9-2-4-11-22(19)29)33-26-21(28)16-31-34(25)26/h2-14,16,30H,15H2,1H3,(H,32,35). The molecule has 0 bridgehead atoms. The van der Waals surface area contributed by atoms with Crippen LogP contribution in [0.5, 0.6) is 5.75 Å². The van der Waals surface area contributed by atoms with Crippen molar-refractivity contribution in [1.29, 1.82) is 0 Å². The first-order valence-electron chi connectivity index (χ1n) is 11.1. The fraction of sp³-hybridized carbons (Fsp3) is 0.0741. The second-order valence-electron chi connectivity index (χ2n) is 7.94. The predicted molar refractivity (Wildman–Crippen MR) is 146 cm³/mol. The van der Waals surface area contributed by atoms with Crippen LogP contribution in [-0.4, -0.2) is 27.6 Å². The van der Waals surface area contributed by atoms with Crippen molar-refractivity contribution in [2.24, 2.45) is 0 Å². The molecule has 0 aliphatic rings. The van der Waals surface area contributed by atoms with Gasteiger partial charge in [-0.15, -0.1) is 0 Å². The number of carbonyl (C=O) groups is 1. The van der Waals surface area contributed by atoms with Gasteiger partial charge in [-0.3, -0.25) is 4.79 Å².